The van der Waals surface area contributed by atoms with Crippen LogP contribution in [-0.4, -0.2) is 67.5 Å². The molecule has 0 radical (unpaired) electrons. The number of ether oxygens (including phenoxy) is 1. The molecule has 3 N–H and O–H groups in total. The Morgan fingerprint density at radius 2 is 1.97 bits per heavy atom. The van der Waals surface area contributed by atoms with Crippen molar-refractivity contribution in [3.05, 3.63) is 70.8 Å². The smallest absolute Gasteiger partial charge is 0.293 e. The Bertz CT molecular complexity index is 1260. The van der Waals surface area contributed by atoms with Gasteiger partial charge >= 0.3 is 0 Å². The Labute approximate surface area is 222 Å². The first kappa shape index (κ1) is 27.1. The van der Waals surface area contributed by atoms with E-state index in [2.05, 4.69) is 21.9 Å². The van der Waals surface area contributed by atoms with Crippen LogP contribution >= 0.6 is 11.6 Å². The molecular formula is C25H31ClN6O4S. The van der Waals surface area contributed by atoms with E-state index in [1.807, 2.05) is 4.90 Å². The van der Waals surface area contributed by atoms with Crippen LogP contribution in [0.1, 0.15) is 25.3 Å². The fourth-order valence-electron chi connectivity index (χ4n) is 3.85. The number of hydrogen-bond acceptors (Lipinski definition) is 7. The molecule has 1 saturated carbocycles. The average Bonchev–Trinajstić information content (AvgIpc) is 3.63. The fourth-order valence-corrected chi connectivity index (χ4v) is 5.22. The van der Waals surface area contributed by atoms with Crippen LogP contribution in [0, 0.1) is 10.8 Å². The van der Waals surface area contributed by atoms with Gasteiger partial charge in [-0.1, -0.05) is 30.7 Å². The van der Waals surface area contributed by atoms with E-state index in [9.17, 15) is 13.2 Å². The normalized spacial score (nSPS) is 18.1. The van der Waals surface area contributed by atoms with E-state index in [1.165, 1.54) is 4.31 Å². The molecule has 2 heterocycles. The summed E-state index contributed by atoms with van der Waals surface area (Å²) >= 11 is 6.06. The van der Waals surface area contributed by atoms with Gasteiger partial charge in [-0.05, 0) is 42.7 Å². The number of halogens is 1. The lowest BCUT2D eigenvalue weighted by molar-refractivity contribution is -0.116. The van der Waals surface area contributed by atoms with E-state index in [1.54, 1.807) is 48.8 Å². The molecule has 0 bridgehead atoms. The van der Waals surface area contributed by atoms with Crippen LogP contribution in [0.3, 0.4) is 0 Å². The van der Waals surface area contributed by atoms with Crippen molar-refractivity contribution < 1.29 is 17.9 Å². The van der Waals surface area contributed by atoms with Crippen molar-refractivity contribution in [1.29, 1.82) is 5.41 Å². The first-order chi connectivity index (χ1) is 17.7. The molecule has 0 atom stereocenters. The highest BCUT2D eigenvalue weighted by Gasteiger charge is 2.39. The number of piperazine rings is 1. The second kappa shape index (κ2) is 11.6. The van der Waals surface area contributed by atoms with E-state index < -0.39 is 16.1 Å². The Morgan fingerprint density at radius 1 is 1.22 bits per heavy atom. The fraction of sp³-hybridized carbons (Fsp3) is 0.400. The summed E-state index contributed by atoms with van der Waals surface area (Å²) in [6, 6.07) is 10.3. The Hall–Kier alpha value is -2.99. The van der Waals surface area contributed by atoms with Crippen LogP contribution in [-0.2, 0) is 26.3 Å². The summed E-state index contributed by atoms with van der Waals surface area (Å²) in [5.74, 6) is -0.452. The first-order valence-electron chi connectivity index (χ1n) is 12.0. The predicted molar refractivity (Wildman–Crippen MR) is 142 cm³/mol. The molecule has 2 fully saturated rings. The Balaban J connectivity index is 1.46. The minimum atomic E-state index is -3.71. The van der Waals surface area contributed by atoms with Crippen LogP contribution in [0.5, 0.6) is 0 Å². The lowest BCUT2D eigenvalue weighted by Crippen LogP contribution is -2.52. The van der Waals surface area contributed by atoms with Crippen LogP contribution in [0.15, 0.2) is 60.2 Å². The summed E-state index contributed by atoms with van der Waals surface area (Å²) < 4.78 is 35.6. The van der Waals surface area contributed by atoms with Gasteiger partial charge in [-0.3, -0.25) is 9.78 Å². The highest BCUT2D eigenvalue weighted by atomic mass is 35.5. The zero-order valence-corrected chi connectivity index (χ0v) is 22.2. The molecule has 1 aliphatic carbocycles. The number of amides is 1. The number of nitrogens with one attached hydrogen (secondary N) is 3. The Kier molecular flexibility index (Phi) is 8.48. The van der Waals surface area contributed by atoms with Crippen LogP contribution in [0.25, 0.3) is 0 Å². The zero-order valence-electron chi connectivity index (χ0n) is 20.6. The molecule has 4 rings (SSSR count). The molecule has 37 heavy (non-hydrogen) atoms. The molecular weight excluding hydrogens is 516 g/mol. The van der Waals surface area contributed by atoms with Gasteiger partial charge < -0.3 is 20.4 Å². The van der Waals surface area contributed by atoms with Crippen LogP contribution < -0.4 is 10.0 Å². The number of pyridine rings is 1. The summed E-state index contributed by atoms with van der Waals surface area (Å²) in [4.78, 5) is 19.1. The lowest BCUT2D eigenvalue weighted by Gasteiger charge is -2.36. The molecule has 1 saturated heterocycles. The minimum absolute atomic E-state index is 0.0153. The molecule has 2 aromatic rings. The van der Waals surface area contributed by atoms with Gasteiger partial charge in [0.2, 0.25) is 5.76 Å². The van der Waals surface area contributed by atoms with Gasteiger partial charge in [0.25, 0.3) is 16.1 Å². The van der Waals surface area contributed by atoms with Gasteiger partial charge in [0, 0.05) is 67.5 Å². The number of carbonyl (C=O) groups excluding carboxylic acids is 1. The monoisotopic (exact) mass is 546 g/mol. The second-order valence-corrected chi connectivity index (χ2v) is 11.7. The summed E-state index contributed by atoms with van der Waals surface area (Å²) in [5.41, 5.74) is 1.59. The molecule has 1 aromatic heterocycles. The second-order valence-electron chi connectivity index (χ2n) is 9.50. The molecule has 198 valence electrons. The molecule has 1 aliphatic heterocycles. The van der Waals surface area contributed by atoms with Gasteiger partial charge in [-0.2, -0.15) is 17.4 Å². The molecule has 2 aliphatic rings. The summed E-state index contributed by atoms with van der Waals surface area (Å²) in [5, 5.41) is 11.3. The third-order valence-electron chi connectivity index (χ3n) is 6.43. The van der Waals surface area contributed by atoms with Crippen molar-refractivity contribution in [3.63, 3.8) is 0 Å². The van der Waals surface area contributed by atoms with Crippen molar-refractivity contribution >= 4 is 39.6 Å². The average molecular weight is 547 g/mol. The summed E-state index contributed by atoms with van der Waals surface area (Å²) in [7, 11) is -3.71. The maximum Gasteiger partial charge on any atom is 0.293 e. The molecule has 10 nitrogen and oxygen atoms in total. The van der Waals surface area contributed by atoms with Crippen molar-refractivity contribution in [2.24, 2.45) is 5.41 Å². The van der Waals surface area contributed by atoms with Crippen molar-refractivity contribution in [2.45, 2.75) is 26.3 Å². The third-order valence-corrected chi connectivity index (χ3v) is 8.22. The van der Waals surface area contributed by atoms with Crippen LogP contribution in [0.2, 0.25) is 5.02 Å². The zero-order chi connectivity index (χ0) is 26.5. The standard InChI is InChI=1S/C25H31ClN6O4S/c1-25(7-8-25)18-36-23(24(33)30-21-6-2-5-20(26)14-21)22(15-27)31-10-12-32(13-11-31)37(34,35)29-17-19-4-3-9-28-16-19/h2-6,9,14-16,27,29H,7-8,10-13,17-18H2,1H3,(H,30,33)/b23-22-,27-15?. The number of nitrogens with zero attached hydrogens (tertiary/aromatic N) is 3. The SMILES string of the molecule is CC1(CO/C(C(=O)Nc2cccc(Cl)c2)=C(/C=N)N2CCN(S(=O)(=O)NCc3cccnc3)CC2)CC1. The topological polar surface area (TPSA) is 128 Å². The van der Waals surface area contributed by atoms with E-state index in [0.717, 1.165) is 24.6 Å². The maximum absolute atomic E-state index is 13.3. The highest BCUT2D eigenvalue weighted by molar-refractivity contribution is 7.87. The number of anilines is 1. The Morgan fingerprint density at radius 3 is 2.59 bits per heavy atom. The molecule has 0 spiro atoms. The molecule has 0 unspecified atom stereocenters. The number of aromatic nitrogens is 1. The molecule has 1 amide bonds. The van der Waals surface area contributed by atoms with Gasteiger partial charge in [-0.25, -0.2) is 0 Å². The first-order valence-corrected chi connectivity index (χ1v) is 13.8. The largest absolute Gasteiger partial charge is 0.486 e. The maximum atomic E-state index is 13.3. The van der Waals surface area contributed by atoms with E-state index in [0.29, 0.717) is 36.1 Å². The van der Waals surface area contributed by atoms with Gasteiger partial charge in [-0.15, -0.1) is 0 Å². The predicted octanol–water partition coefficient (Wildman–Crippen LogP) is 3.00. The summed E-state index contributed by atoms with van der Waals surface area (Å²) in [6.07, 6.45) is 6.35. The number of benzene rings is 1. The van der Waals surface area contributed by atoms with E-state index in [-0.39, 0.29) is 30.8 Å². The third kappa shape index (κ3) is 7.29. The molecule has 1 aromatic carbocycles. The summed E-state index contributed by atoms with van der Waals surface area (Å²) in [6.45, 7) is 3.57. The van der Waals surface area contributed by atoms with Gasteiger partial charge in [0.1, 0.15) is 5.70 Å². The number of rotatable bonds is 11. The minimum Gasteiger partial charge on any atom is -0.486 e. The van der Waals surface area contributed by atoms with Gasteiger partial charge in [0.05, 0.1) is 6.61 Å². The number of allylic oxidation sites excluding steroid dienone is 1. The van der Waals surface area contributed by atoms with Crippen molar-refractivity contribution in [2.75, 3.05) is 38.1 Å². The highest BCUT2D eigenvalue weighted by Crippen LogP contribution is 2.45. The van der Waals surface area contributed by atoms with E-state index >= 15 is 0 Å². The quantitative estimate of drug-likeness (QED) is 0.226. The van der Waals surface area contributed by atoms with Crippen LogP contribution in [0.4, 0.5) is 5.69 Å². The van der Waals surface area contributed by atoms with Crippen molar-refractivity contribution in [3.8, 4) is 0 Å². The van der Waals surface area contributed by atoms with E-state index in [4.69, 9.17) is 21.7 Å². The van der Waals surface area contributed by atoms with Crippen molar-refractivity contribution in [1.82, 2.24) is 18.9 Å². The number of carbonyl (C=O) groups is 1. The lowest BCUT2D eigenvalue weighted by atomic mass is 10.2. The molecule has 12 heteroatoms. The number of hydrogen-bond donors (Lipinski definition) is 3. The van der Waals surface area contributed by atoms with Gasteiger partial charge in [0.15, 0.2) is 0 Å².